The van der Waals surface area contributed by atoms with Crippen LogP contribution >= 0.6 is 31.9 Å². The van der Waals surface area contributed by atoms with Gasteiger partial charge in [-0.2, -0.15) is 5.10 Å². The van der Waals surface area contributed by atoms with Gasteiger partial charge in [0.25, 0.3) is 0 Å². The van der Waals surface area contributed by atoms with E-state index in [9.17, 15) is 4.79 Å². The molecule has 0 aromatic heterocycles. The molecule has 0 radical (unpaired) electrons. The average molecular weight is 664 g/mol. The van der Waals surface area contributed by atoms with Crippen molar-refractivity contribution >= 4 is 43.5 Å². The molecule has 9 heteroatoms. The van der Waals surface area contributed by atoms with Crippen molar-refractivity contribution in [2.75, 3.05) is 14.2 Å². The number of esters is 1. The van der Waals surface area contributed by atoms with Crippen LogP contribution < -0.4 is 18.9 Å². The molecule has 6 rings (SSSR count). The molecule has 0 bridgehead atoms. The van der Waals surface area contributed by atoms with Crippen molar-refractivity contribution in [1.29, 1.82) is 0 Å². The van der Waals surface area contributed by atoms with Crippen LogP contribution in [-0.2, 0) is 0 Å². The zero-order valence-electron chi connectivity index (χ0n) is 21.6. The molecule has 0 N–H and O–H groups in total. The first-order valence-corrected chi connectivity index (χ1v) is 14.1. The van der Waals surface area contributed by atoms with Crippen molar-refractivity contribution in [3.8, 4) is 23.0 Å². The number of methoxy groups -OCH3 is 2. The van der Waals surface area contributed by atoms with Crippen molar-refractivity contribution < 1.29 is 23.7 Å². The van der Waals surface area contributed by atoms with Gasteiger partial charge in [-0.3, -0.25) is 0 Å². The molecule has 0 unspecified atom stereocenters. The Morgan fingerprint density at radius 3 is 2.45 bits per heavy atom. The van der Waals surface area contributed by atoms with Crippen LogP contribution in [-0.4, -0.2) is 30.9 Å². The number of halogens is 2. The van der Waals surface area contributed by atoms with Gasteiger partial charge in [0.2, 0.25) is 6.23 Å². The third-order valence-corrected chi connectivity index (χ3v) is 8.00. The summed E-state index contributed by atoms with van der Waals surface area (Å²) in [4.78, 5) is 12.8. The predicted octanol–water partition coefficient (Wildman–Crippen LogP) is 7.69. The van der Waals surface area contributed by atoms with Crippen LogP contribution in [0.4, 0.5) is 0 Å². The minimum Gasteiger partial charge on any atom is -0.497 e. The summed E-state index contributed by atoms with van der Waals surface area (Å²) < 4.78 is 24.8. The Hall–Kier alpha value is -3.82. The van der Waals surface area contributed by atoms with Gasteiger partial charge in [-0.1, -0.05) is 34.1 Å². The summed E-state index contributed by atoms with van der Waals surface area (Å²) >= 11 is 7.20. The van der Waals surface area contributed by atoms with Crippen molar-refractivity contribution in [3.63, 3.8) is 0 Å². The highest BCUT2D eigenvalue weighted by molar-refractivity contribution is 9.10. The molecule has 0 saturated carbocycles. The Kier molecular flexibility index (Phi) is 7.25. The zero-order chi connectivity index (χ0) is 27.8. The molecule has 4 aromatic carbocycles. The van der Waals surface area contributed by atoms with E-state index in [0.29, 0.717) is 28.0 Å². The monoisotopic (exact) mass is 662 g/mol. The first kappa shape index (κ1) is 26.4. The topological polar surface area (TPSA) is 69.6 Å². The molecule has 2 aliphatic rings. The fourth-order valence-electron chi connectivity index (χ4n) is 4.94. The van der Waals surface area contributed by atoms with Crippen molar-refractivity contribution in [3.05, 3.63) is 116 Å². The maximum Gasteiger partial charge on any atom is 0.343 e. The third-order valence-electron chi connectivity index (χ3n) is 6.92. The summed E-state index contributed by atoms with van der Waals surface area (Å²) in [5, 5.41) is 7.04. The van der Waals surface area contributed by atoms with Crippen LogP contribution in [0, 0.1) is 0 Å². The number of rotatable bonds is 6. The number of carbonyl (C=O) groups is 1. The minimum absolute atomic E-state index is 0.0382. The lowest BCUT2D eigenvalue weighted by atomic mass is 9.96. The van der Waals surface area contributed by atoms with E-state index in [1.165, 1.54) is 0 Å². The predicted molar refractivity (Wildman–Crippen MR) is 158 cm³/mol. The van der Waals surface area contributed by atoms with Gasteiger partial charge >= 0.3 is 5.97 Å². The second kappa shape index (κ2) is 11.0. The second-order valence-corrected chi connectivity index (χ2v) is 11.1. The van der Waals surface area contributed by atoms with Gasteiger partial charge in [-0.05, 0) is 88.2 Å². The summed E-state index contributed by atoms with van der Waals surface area (Å²) in [7, 11) is 3.19. The lowest BCUT2D eigenvalue weighted by molar-refractivity contribution is -0.0192. The highest BCUT2D eigenvalue weighted by Gasteiger charge is 2.41. The third kappa shape index (κ3) is 4.95. The smallest absolute Gasteiger partial charge is 0.343 e. The van der Waals surface area contributed by atoms with E-state index in [1.807, 2.05) is 59.6 Å². The first-order chi connectivity index (χ1) is 19.4. The lowest BCUT2D eigenvalue weighted by Crippen LogP contribution is -2.33. The molecule has 7 nitrogen and oxygen atoms in total. The number of benzene rings is 4. The maximum atomic E-state index is 12.8. The maximum absolute atomic E-state index is 12.8. The molecule has 202 valence electrons. The Morgan fingerprint density at radius 2 is 1.73 bits per heavy atom. The van der Waals surface area contributed by atoms with E-state index in [1.54, 1.807) is 38.5 Å². The Balaban J connectivity index is 1.38. The summed E-state index contributed by atoms with van der Waals surface area (Å²) in [5.74, 6) is 1.79. The number of nitrogens with zero attached hydrogens (tertiary/aromatic N) is 2. The van der Waals surface area contributed by atoms with Gasteiger partial charge < -0.3 is 18.9 Å². The van der Waals surface area contributed by atoms with Crippen molar-refractivity contribution in [2.24, 2.45) is 5.10 Å². The molecular formula is C31H24Br2N2O5. The van der Waals surface area contributed by atoms with Crippen LogP contribution in [0.1, 0.15) is 45.7 Å². The van der Waals surface area contributed by atoms with Gasteiger partial charge in [0.05, 0.1) is 36.0 Å². The summed E-state index contributed by atoms with van der Waals surface area (Å²) in [5.41, 5.74) is 4.26. The quantitative estimate of drug-likeness (QED) is 0.156. The van der Waals surface area contributed by atoms with E-state index in [-0.39, 0.29) is 6.04 Å². The molecular weight excluding hydrogens is 640 g/mol. The number of hydrogen-bond donors (Lipinski definition) is 0. The summed E-state index contributed by atoms with van der Waals surface area (Å²) in [6, 6.07) is 26.4. The Labute approximate surface area is 248 Å². The van der Waals surface area contributed by atoms with Crippen molar-refractivity contribution in [1.82, 2.24) is 5.01 Å². The van der Waals surface area contributed by atoms with E-state index in [4.69, 9.17) is 24.0 Å². The zero-order valence-corrected chi connectivity index (χ0v) is 24.8. The van der Waals surface area contributed by atoms with Crippen LogP contribution in [0.2, 0.25) is 0 Å². The largest absolute Gasteiger partial charge is 0.497 e. The van der Waals surface area contributed by atoms with E-state index in [2.05, 4.69) is 37.9 Å². The van der Waals surface area contributed by atoms with Gasteiger partial charge in [0.15, 0.2) is 11.5 Å². The standard InChI is InChI=1S/C31H24Br2N2O5/c1-37-22-11-8-18(9-12-22)25-17-26-23-16-21(32)10-13-27(23)39-30(35(26)34-25)20-14-24(33)29(28(15-20)38-2)40-31(36)19-6-4-3-5-7-19/h3-16,26,30H,17H2,1-2H3/t26-,30+/m0/s1. The Bertz CT molecular complexity index is 1610. The number of ether oxygens (including phenoxy) is 4. The molecule has 0 aliphatic carbocycles. The number of carbonyl (C=O) groups excluding carboxylic acids is 1. The van der Waals surface area contributed by atoms with Gasteiger partial charge in [-0.25, -0.2) is 9.80 Å². The van der Waals surface area contributed by atoms with E-state index in [0.717, 1.165) is 38.4 Å². The van der Waals surface area contributed by atoms with Crippen molar-refractivity contribution in [2.45, 2.75) is 18.7 Å². The minimum atomic E-state index is -0.543. The fourth-order valence-corrected chi connectivity index (χ4v) is 5.86. The highest BCUT2D eigenvalue weighted by atomic mass is 79.9. The highest BCUT2D eigenvalue weighted by Crippen LogP contribution is 2.50. The first-order valence-electron chi connectivity index (χ1n) is 12.6. The number of hydrogen-bond acceptors (Lipinski definition) is 7. The molecule has 2 heterocycles. The Morgan fingerprint density at radius 1 is 0.950 bits per heavy atom. The SMILES string of the molecule is COc1ccc(C2=NN3[C@@H](c4cc(Br)c(OC(=O)c5ccccc5)c(OC)c4)Oc4ccc(Br)cc4[C@@H]3C2)cc1. The summed E-state index contributed by atoms with van der Waals surface area (Å²) in [6.07, 6.45) is 0.166. The molecule has 0 fully saturated rings. The molecule has 2 aliphatic heterocycles. The van der Waals surface area contributed by atoms with Crippen LogP contribution in [0.3, 0.4) is 0 Å². The average Bonchev–Trinajstić information content (AvgIpc) is 3.44. The van der Waals surface area contributed by atoms with Crippen LogP contribution in [0.15, 0.2) is 99.0 Å². The van der Waals surface area contributed by atoms with Crippen LogP contribution in [0.5, 0.6) is 23.0 Å². The van der Waals surface area contributed by atoms with Crippen LogP contribution in [0.25, 0.3) is 0 Å². The van der Waals surface area contributed by atoms with E-state index < -0.39 is 12.2 Å². The number of fused-ring (bicyclic) bond motifs is 3. The number of hydrazone groups is 1. The fraction of sp³-hybridized carbons (Fsp3) is 0.161. The molecule has 0 saturated heterocycles. The molecule has 0 amide bonds. The molecule has 0 spiro atoms. The molecule has 2 atom stereocenters. The van der Waals surface area contributed by atoms with Gasteiger partial charge in [-0.15, -0.1) is 0 Å². The molecule has 4 aromatic rings. The normalized spacial score (nSPS) is 17.3. The second-order valence-electron chi connectivity index (χ2n) is 9.32. The summed E-state index contributed by atoms with van der Waals surface area (Å²) in [6.45, 7) is 0. The van der Waals surface area contributed by atoms with E-state index >= 15 is 0 Å². The van der Waals surface area contributed by atoms with Gasteiger partial charge in [0, 0.05) is 22.0 Å². The lowest BCUT2D eigenvalue weighted by Gasteiger charge is -2.38. The molecule has 40 heavy (non-hydrogen) atoms. The van der Waals surface area contributed by atoms with Gasteiger partial charge in [0.1, 0.15) is 11.5 Å².